The molecule has 1 aromatic heterocycles. The second-order valence-electron chi connectivity index (χ2n) is 7.29. The third-order valence-corrected chi connectivity index (χ3v) is 5.92. The van der Waals surface area contributed by atoms with Crippen molar-refractivity contribution in [3.63, 3.8) is 0 Å². The molecule has 2 aromatic carbocycles. The molecular formula is C23H25N3O2S. The lowest BCUT2D eigenvalue weighted by Gasteiger charge is -2.25. The van der Waals surface area contributed by atoms with Gasteiger partial charge in [-0.2, -0.15) is 0 Å². The minimum absolute atomic E-state index is 0.0654. The van der Waals surface area contributed by atoms with Crippen LogP contribution in [0.2, 0.25) is 0 Å². The van der Waals surface area contributed by atoms with Crippen LogP contribution in [0, 0.1) is 6.92 Å². The number of hydrogen-bond acceptors (Lipinski definition) is 5. The topological polar surface area (TPSA) is 54.5 Å². The number of nitrogens with zero attached hydrogens (tertiary/aromatic N) is 2. The van der Waals surface area contributed by atoms with Gasteiger partial charge in [-0.15, -0.1) is 11.3 Å². The lowest BCUT2D eigenvalue weighted by Crippen LogP contribution is -2.29. The Morgan fingerprint density at radius 1 is 1.17 bits per heavy atom. The Morgan fingerprint density at radius 3 is 2.76 bits per heavy atom. The van der Waals surface area contributed by atoms with Crippen LogP contribution in [0.4, 0.5) is 5.13 Å². The highest BCUT2D eigenvalue weighted by Gasteiger charge is 2.21. The summed E-state index contributed by atoms with van der Waals surface area (Å²) in [7, 11) is 0. The number of amides is 1. The minimum Gasteiger partial charge on any atom is -0.493 e. The molecule has 0 saturated carbocycles. The molecule has 0 fully saturated rings. The molecule has 1 amide bonds. The normalized spacial score (nSPS) is 13.7. The third kappa shape index (κ3) is 5.43. The Balaban J connectivity index is 1.26. The van der Waals surface area contributed by atoms with Gasteiger partial charge in [0, 0.05) is 30.9 Å². The Hall–Kier alpha value is -2.70. The summed E-state index contributed by atoms with van der Waals surface area (Å²) in [5.41, 5.74) is 3.62. The average Bonchev–Trinajstić information content (AvgIpc) is 3.11. The Bertz CT molecular complexity index is 954. The molecule has 0 atom stereocenters. The van der Waals surface area contributed by atoms with Gasteiger partial charge in [0.25, 0.3) is 0 Å². The van der Waals surface area contributed by atoms with Gasteiger partial charge in [-0.05, 0) is 24.6 Å². The Morgan fingerprint density at radius 2 is 1.97 bits per heavy atom. The number of aromatic nitrogens is 1. The first-order valence-electron chi connectivity index (χ1n) is 9.90. The summed E-state index contributed by atoms with van der Waals surface area (Å²) in [5.74, 6) is 0.718. The van der Waals surface area contributed by atoms with E-state index >= 15 is 0 Å². The zero-order valence-electron chi connectivity index (χ0n) is 16.6. The molecule has 29 heavy (non-hydrogen) atoms. The fourth-order valence-electron chi connectivity index (χ4n) is 3.36. The van der Waals surface area contributed by atoms with Crippen molar-refractivity contribution in [2.75, 3.05) is 18.5 Å². The standard InChI is InChI=1S/C23H25N3O2S/c1-17-7-9-19(10-8-17)28-14-12-22(27)25-23-24-20-11-13-26(16-21(20)29-23)15-18-5-3-2-4-6-18/h2-10H,11-16H2,1H3,(H,24,25,27). The molecule has 1 aliphatic heterocycles. The van der Waals surface area contributed by atoms with E-state index in [0.29, 0.717) is 18.2 Å². The van der Waals surface area contributed by atoms with E-state index in [9.17, 15) is 4.79 Å². The molecule has 5 nitrogen and oxygen atoms in total. The van der Waals surface area contributed by atoms with E-state index in [1.807, 2.05) is 37.3 Å². The summed E-state index contributed by atoms with van der Waals surface area (Å²) < 4.78 is 5.64. The van der Waals surface area contributed by atoms with Gasteiger partial charge in [0.2, 0.25) is 5.91 Å². The highest BCUT2D eigenvalue weighted by atomic mass is 32.1. The number of fused-ring (bicyclic) bond motifs is 1. The molecule has 0 unspecified atom stereocenters. The van der Waals surface area contributed by atoms with Crippen LogP contribution >= 0.6 is 11.3 Å². The van der Waals surface area contributed by atoms with Crippen molar-refractivity contribution in [3.8, 4) is 5.75 Å². The second-order valence-corrected chi connectivity index (χ2v) is 8.38. The molecule has 1 aliphatic rings. The Kier molecular flexibility index (Phi) is 6.22. The fraction of sp³-hybridized carbons (Fsp3) is 0.304. The predicted molar refractivity (Wildman–Crippen MR) is 116 cm³/mol. The first-order chi connectivity index (χ1) is 14.2. The van der Waals surface area contributed by atoms with Gasteiger partial charge in [-0.25, -0.2) is 4.98 Å². The van der Waals surface area contributed by atoms with Crippen LogP contribution in [0.15, 0.2) is 54.6 Å². The van der Waals surface area contributed by atoms with Crippen molar-refractivity contribution in [2.45, 2.75) is 32.9 Å². The van der Waals surface area contributed by atoms with Crippen LogP contribution in [-0.2, 0) is 24.3 Å². The van der Waals surface area contributed by atoms with Gasteiger partial charge in [0.1, 0.15) is 5.75 Å². The summed E-state index contributed by atoms with van der Waals surface area (Å²) >= 11 is 1.58. The van der Waals surface area contributed by atoms with Gasteiger partial charge in [0.05, 0.1) is 18.7 Å². The Labute approximate surface area is 175 Å². The molecule has 3 aromatic rings. The molecule has 6 heteroatoms. The van der Waals surface area contributed by atoms with Crippen molar-refractivity contribution in [1.82, 2.24) is 9.88 Å². The van der Waals surface area contributed by atoms with E-state index in [2.05, 4.69) is 39.5 Å². The highest BCUT2D eigenvalue weighted by Crippen LogP contribution is 2.29. The summed E-state index contributed by atoms with van der Waals surface area (Å²) in [6.07, 6.45) is 1.23. The molecule has 0 bridgehead atoms. The number of benzene rings is 2. The molecule has 4 rings (SSSR count). The number of thiazole rings is 1. The van der Waals surface area contributed by atoms with Crippen LogP contribution in [0.25, 0.3) is 0 Å². The summed E-state index contributed by atoms with van der Waals surface area (Å²) in [6.45, 7) is 5.20. The smallest absolute Gasteiger partial charge is 0.229 e. The van der Waals surface area contributed by atoms with Gasteiger partial charge in [-0.3, -0.25) is 9.69 Å². The lowest BCUT2D eigenvalue weighted by molar-refractivity contribution is -0.116. The van der Waals surface area contributed by atoms with Crippen LogP contribution in [0.5, 0.6) is 5.75 Å². The van der Waals surface area contributed by atoms with Gasteiger partial charge < -0.3 is 10.1 Å². The van der Waals surface area contributed by atoms with Crippen molar-refractivity contribution < 1.29 is 9.53 Å². The summed E-state index contributed by atoms with van der Waals surface area (Å²) in [5, 5.41) is 3.62. The summed E-state index contributed by atoms with van der Waals surface area (Å²) in [4.78, 5) is 20.5. The van der Waals surface area contributed by atoms with Crippen molar-refractivity contribution in [3.05, 3.63) is 76.3 Å². The lowest BCUT2D eigenvalue weighted by atomic mass is 10.1. The molecule has 0 radical (unpaired) electrons. The maximum Gasteiger partial charge on any atom is 0.229 e. The molecule has 0 saturated heterocycles. The molecule has 1 N–H and O–H groups in total. The third-order valence-electron chi connectivity index (χ3n) is 4.92. The van der Waals surface area contributed by atoms with E-state index in [0.717, 1.165) is 37.5 Å². The van der Waals surface area contributed by atoms with Gasteiger partial charge in [-0.1, -0.05) is 48.0 Å². The van der Waals surface area contributed by atoms with E-state index in [-0.39, 0.29) is 5.91 Å². The number of carbonyl (C=O) groups excluding carboxylic acids is 1. The molecule has 150 valence electrons. The fourth-order valence-corrected chi connectivity index (χ4v) is 4.42. The number of aryl methyl sites for hydroxylation is 1. The monoisotopic (exact) mass is 407 g/mol. The van der Waals surface area contributed by atoms with Crippen molar-refractivity contribution >= 4 is 22.4 Å². The molecule has 0 spiro atoms. The first-order valence-corrected chi connectivity index (χ1v) is 10.7. The molecule has 0 aliphatic carbocycles. The first kappa shape index (κ1) is 19.6. The zero-order chi connectivity index (χ0) is 20.1. The predicted octanol–water partition coefficient (Wildman–Crippen LogP) is 4.42. The molecule has 2 heterocycles. The maximum absolute atomic E-state index is 12.2. The minimum atomic E-state index is -0.0654. The van der Waals surface area contributed by atoms with Crippen molar-refractivity contribution in [2.24, 2.45) is 0 Å². The van der Waals surface area contributed by atoms with E-state index in [1.165, 1.54) is 16.0 Å². The van der Waals surface area contributed by atoms with Crippen LogP contribution in [0.1, 0.15) is 28.1 Å². The SMILES string of the molecule is Cc1ccc(OCCC(=O)Nc2nc3c(s2)CN(Cc2ccccc2)CC3)cc1. The van der Waals surface area contributed by atoms with Crippen molar-refractivity contribution in [1.29, 1.82) is 0 Å². The second kappa shape index (κ2) is 9.20. The number of nitrogens with one attached hydrogen (secondary N) is 1. The number of carbonyl (C=O) groups is 1. The largest absolute Gasteiger partial charge is 0.493 e. The van der Waals surface area contributed by atoms with Crippen LogP contribution in [-0.4, -0.2) is 28.9 Å². The van der Waals surface area contributed by atoms with Gasteiger partial charge >= 0.3 is 0 Å². The summed E-state index contributed by atoms with van der Waals surface area (Å²) in [6, 6.07) is 18.3. The zero-order valence-corrected chi connectivity index (χ0v) is 17.4. The van der Waals surface area contributed by atoms with E-state index < -0.39 is 0 Å². The highest BCUT2D eigenvalue weighted by molar-refractivity contribution is 7.15. The average molecular weight is 408 g/mol. The number of rotatable bonds is 7. The number of hydrogen-bond donors (Lipinski definition) is 1. The maximum atomic E-state index is 12.2. The van der Waals surface area contributed by atoms with Crippen LogP contribution in [0.3, 0.4) is 0 Å². The molecular weight excluding hydrogens is 382 g/mol. The van der Waals surface area contributed by atoms with E-state index in [4.69, 9.17) is 4.74 Å². The quantitative estimate of drug-likeness (QED) is 0.630. The van der Waals surface area contributed by atoms with Gasteiger partial charge in [0.15, 0.2) is 5.13 Å². The number of anilines is 1. The van der Waals surface area contributed by atoms with Crippen LogP contribution < -0.4 is 10.1 Å². The number of ether oxygens (including phenoxy) is 1. The van der Waals surface area contributed by atoms with E-state index in [1.54, 1.807) is 11.3 Å².